The van der Waals surface area contributed by atoms with Gasteiger partial charge in [-0.2, -0.15) is 13.2 Å². The van der Waals surface area contributed by atoms with Crippen LogP contribution in [-0.4, -0.2) is 32.7 Å². The maximum atomic E-state index is 12.7. The molecule has 9 heteroatoms. The van der Waals surface area contributed by atoms with Gasteiger partial charge in [-0.3, -0.25) is 4.79 Å². The molecule has 0 saturated heterocycles. The molecule has 5 nitrogen and oxygen atoms in total. The summed E-state index contributed by atoms with van der Waals surface area (Å²) < 4.78 is 63.0. The zero-order valence-corrected chi connectivity index (χ0v) is 14.9. The number of nitrogens with one attached hydrogen (secondary N) is 1. The van der Waals surface area contributed by atoms with Crippen molar-refractivity contribution in [3.05, 3.63) is 65.2 Å². The number of carbonyl (C=O) groups excluding carboxylic acids is 1. The van der Waals surface area contributed by atoms with Crippen molar-refractivity contribution < 1.29 is 26.4 Å². The van der Waals surface area contributed by atoms with Gasteiger partial charge in [-0.15, -0.1) is 0 Å². The predicted octanol–water partition coefficient (Wildman–Crippen LogP) is 2.89. The third-order valence-corrected chi connectivity index (χ3v) is 5.43. The van der Waals surface area contributed by atoms with Crippen LogP contribution in [0.2, 0.25) is 0 Å². The molecule has 140 valence electrons. The number of rotatable bonds is 5. The molecule has 0 radical (unpaired) electrons. The van der Waals surface area contributed by atoms with Crippen molar-refractivity contribution in [1.29, 1.82) is 0 Å². The molecule has 0 aliphatic rings. The van der Waals surface area contributed by atoms with Crippen molar-refractivity contribution in [3.8, 4) is 0 Å². The minimum atomic E-state index is -4.45. The molecule has 2 aromatic rings. The number of amides is 1. The van der Waals surface area contributed by atoms with E-state index < -0.39 is 27.7 Å². The summed E-state index contributed by atoms with van der Waals surface area (Å²) in [7, 11) is -0.811. The molecule has 0 aliphatic heterocycles. The predicted molar refractivity (Wildman–Crippen MR) is 89.9 cm³/mol. The molecule has 1 amide bonds. The Balaban J connectivity index is 2.07. The molecule has 0 aromatic heterocycles. The number of alkyl halides is 3. The monoisotopic (exact) mass is 386 g/mol. The van der Waals surface area contributed by atoms with Crippen LogP contribution in [0.1, 0.15) is 21.5 Å². The zero-order valence-electron chi connectivity index (χ0n) is 14.0. The smallest absolute Gasteiger partial charge is 0.348 e. The summed E-state index contributed by atoms with van der Waals surface area (Å²) in [5.41, 5.74) is -0.280. The van der Waals surface area contributed by atoms with E-state index in [0.717, 1.165) is 16.4 Å². The lowest BCUT2D eigenvalue weighted by Crippen LogP contribution is -2.24. The Hall–Kier alpha value is -2.39. The van der Waals surface area contributed by atoms with E-state index in [1.54, 1.807) is 0 Å². The molecule has 2 aromatic carbocycles. The van der Waals surface area contributed by atoms with Crippen LogP contribution in [0.4, 0.5) is 13.2 Å². The number of sulfonamides is 1. The third kappa shape index (κ3) is 4.61. The van der Waals surface area contributed by atoms with Gasteiger partial charge in [-0.25, -0.2) is 12.7 Å². The second kappa shape index (κ2) is 7.46. The SMILES string of the molecule is CN(C)S(=O)(=O)c1ccc(C(=O)NCc2cccc(C(F)(F)F)c2)cc1. The fourth-order valence-electron chi connectivity index (χ4n) is 2.13. The normalized spacial score (nSPS) is 12.2. The van der Waals surface area contributed by atoms with Crippen molar-refractivity contribution in [1.82, 2.24) is 9.62 Å². The summed E-state index contributed by atoms with van der Waals surface area (Å²) in [4.78, 5) is 12.1. The Morgan fingerprint density at radius 2 is 1.69 bits per heavy atom. The molecule has 0 aliphatic carbocycles. The van der Waals surface area contributed by atoms with Gasteiger partial charge in [0.25, 0.3) is 5.91 Å². The van der Waals surface area contributed by atoms with Crippen molar-refractivity contribution in [2.75, 3.05) is 14.1 Å². The Morgan fingerprint density at radius 3 is 2.23 bits per heavy atom. The van der Waals surface area contributed by atoms with Gasteiger partial charge >= 0.3 is 6.18 Å². The Labute approximate surface area is 149 Å². The molecule has 26 heavy (non-hydrogen) atoms. The summed E-state index contributed by atoms with van der Waals surface area (Å²) in [6, 6.07) is 9.95. The maximum Gasteiger partial charge on any atom is 0.416 e. The van der Waals surface area contributed by atoms with Crippen LogP contribution in [0.25, 0.3) is 0 Å². The largest absolute Gasteiger partial charge is 0.416 e. The van der Waals surface area contributed by atoms with E-state index in [4.69, 9.17) is 0 Å². The van der Waals surface area contributed by atoms with E-state index in [1.807, 2.05) is 0 Å². The second-order valence-electron chi connectivity index (χ2n) is 5.69. The molecule has 2 rings (SSSR count). The van der Waals surface area contributed by atoms with Crippen LogP contribution in [0.5, 0.6) is 0 Å². The fourth-order valence-corrected chi connectivity index (χ4v) is 3.03. The summed E-state index contributed by atoms with van der Waals surface area (Å²) in [6.07, 6.45) is -4.45. The highest BCUT2D eigenvalue weighted by atomic mass is 32.2. The molecule has 1 N–H and O–H groups in total. The Kier molecular flexibility index (Phi) is 5.72. The summed E-state index contributed by atoms with van der Waals surface area (Å²) in [5, 5.41) is 2.51. The molecule has 0 saturated carbocycles. The first-order valence-corrected chi connectivity index (χ1v) is 8.93. The van der Waals surface area contributed by atoms with E-state index in [9.17, 15) is 26.4 Å². The first-order chi connectivity index (χ1) is 12.0. The van der Waals surface area contributed by atoms with Crippen molar-refractivity contribution in [3.63, 3.8) is 0 Å². The van der Waals surface area contributed by atoms with E-state index in [-0.39, 0.29) is 17.0 Å². The Morgan fingerprint density at radius 1 is 1.08 bits per heavy atom. The lowest BCUT2D eigenvalue weighted by Gasteiger charge is -2.12. The van der Waals surface area contributed by atoms with Crippen LogP contribution in [0.15, 0.2) is 53.4 Å². The minimum Gasteiger partial charge on any atom is -0.348 e. The van der Waals surface area contributed by atoms with Gasteiger partial charge in [0.1, 0.15) is 0 Å². The van der Waals surface area contributed by atoms with Crippen LogP contribution >= 0.6 is 0 Å². The molecule has 0 spiro atoms. The molecule has 0 bridgehead atoms. The molecule has 0 fully saturated rings. The van der Waals surface area contributed by atoms with E-state index in [2.05, 4.69) is 5.32 Å². The van der Waals surface area contributed by atoms with Crippen LogP contribution in [0, 0.1) is 0 Å². The fraction of sp³-hybridized carbons (Fsp3) is 0.235. The summed E-state index contributed by atoms with van der Waals surface area (Å²) >= 11 is 0. The highest BCUT2D eigenvalue weighted by molar-refractivity contribution is 7.89. The van der Waals surface area contributed by atoms with Crippen LogP contribution < -0.4 is 5.32 Å². The third-order valence-electron chi connectivity index (χ3n) is 3.60. The number of benzene rings is 2. The first-order valence-electron chi connectivity index (χ1n) is 7.49. The lowest BCUT2D eigenvalue weighted by atomic mass is 10.1. The second-order valence-corrected chi connectivity index (χ2v) is 7.84. The number of nitrogens with zero attached hydrogens (tertiary/aromatic N) is 1. The van der Waals surface area contributed by atoms with Crippen LogP contribution in [-0.2, 0) is 22.7 Å². The number of halogens is 3. The van der Waals surface area contributed by atoms with Crippen molar-refractivity contribution in [2.45, 2.75) is 17.6 Å². The summed E-state index contributed by atoms with van der Waals surface area (Å²) in [5.74, 6) is -0.517. The van der Waals surface area contributed by atoms with Gasteiger partial charge in [-0.05, 0) is 42.0 Å². The van der Waals surface area contributed by atoms with Crippen LogP contribution in [0.3, 0.4) is 0 Å². The van der Waals surface area contributed by atoms with Crippen molar-refractivity contribution >= 4 is 15.9 Å². The maximum absolute atomic E-state index is 12.7. The van der Waals surface area contributed by atoms with Gasteiger partial charge in [-0.1, -0.05) is 12.1 Å². The van der Waals surface area contributed by atoms with E-state index in [0.29, 0.717) is 5.56 Å². The molecule has 0 heterocycles. The van der Waals surface area contributed by atoms with Gasteiger partial charge in [0.15, 0.2) is 0 Å². The molecular weight excluding hydrogens is 369 g/mol. The zero-order chi connectivity index (χ0) is 19.5. The van der Waals surface area contributed by atoms with Gasteiger partial charge < -0.3 is 5.32 Å². The highest BCUT2D eigenvalue weighted by Gasteiger charge is 2.30. The lowest BCUT2D eigenvalue weighted by molar-refractivity contribution is -0.137. The molecule has 0 atom stereocenters. The molecular formula is C17H17F3N2O3S. The average Bonchev–Trinajstić information content (AvgIpc) is 2.59. The van der Waals surface area contributed by atoms with Crippen molar-refractivity contribution in [2.24, 2.45) is 0 Å². The quantitative estimate of drug-likeness (QED) is 0.859. The number of hydrogen-bond acceptors (Lipinski definition) is 3. The Bertz CT molecular complexity index is 892. The van der Waals surface area contributed by atoms with Gasteiger partial charge in [0.2, 0.25) is 10.0 Å². The molecule has 0 unspecified atom stereocenters. The van der Waals surface area contributed by atoms with Gasteiger partial charge in [0, 0.05) is 26.2 Å². The standard InChI is InChI=1S/C17H17F3N2O3S/c1-22(2)26(24,25)15-8-6-13(7-9-15)16(23)21-11-12-4-3-5-14(10-12)17(18,19)20/h3-10H,11H2,1-2H3,(H,21,23). The topological polar surface area (TPSA) is 66.5 Å². The summed E-state index contributed by atoms with van der Waals surface area (Å²) in [6.45, 7) is -0.0828. The number of carbonyl (C=O) groups is 1. The van der Waals surface area contributed by atoms with E-state index >= 15 is 0 Å². The van der Waals surface area contributed by atoms with E-state index in [1.165, 1.54) is 50.5 Å². The average molecular weight is 386 g/mol. The van der Waals surface area contributed by atoms with Gasteiger partial charge in [0.05, 0.1) is 10.5 Å². The minimum absolute atomic E-state index is 0.0388. The highest BCUT2D eigenvalue weighted by Crippen LogP contribution is 2.29. The first kappa shape index (κ1) is 19.9. The number of hydrogen-bond donors (Lipinski definition) is 1.